The van der Waals surface area contributed by atoms with Gasteiger partial charge in [0.1, 0.15) is 0 Å². The Balaban J connectivity index is 1.98. The Hall–Kier alpha value is -2.10. The van der Waals surface area contributed by atoms with Gasteiger partial charge in [-0.25, -0.2) is 0 Å². The van der Waals surface area contributed by atoms with E-state index in [1.807, 2.05) is 11.4 Å². The van der Waals surface area contributed by atoms with Crippen molar-refractivity contribution in [2.24, 2.45) is 7.05 Å². The number of hydrogen-bond acceptors (Lipinski definition) is 4. The Morgan fingerprint density at radius 1 is 1.57 bits per heavy atom. The van der Waals surface area contributed by atoms with Crippen LogP contribution in [0.5, 0.6) is 0 Å². The quantitative estimate of drug-likeness (QED) is 0.871. The van der Waals surface area contributed by atoms with Gasteiger partial charge in [0.15, 0.2) is 0 Å². The lowest BCUT2D eigenvalue weighted by molar-refractivity contribution is 0.0785. The maximum atomic E-state index is 12.2. The first-order valence-electron chi connectivity index (χ1n) is 6.51. The number of amides is 1. The van der Waals surface area contributed by atoms with Crippen LogP contribution in [-0.4, -0.2) is 39.3 Å². The molecule has 5 nitrogen and oxygen atoms in total. The van der Waals surface area contributed by atoms with E-state index in [1.54, 1.807) is 47.4 Å². The van der Waals surface area contributed by atoms with Gasteiger partial charge in [0.25, 0.3) is 5.91 Å². The van der Waals surface area contributed by atoms with Crippen LogP contribution in [0.3, 0.4) is 0 Å². The average Bonchev–Trinajstić information content (AvgIpc) is 3.07. The van der Waals surface area contributed by atoms with Crippen LogP contribution in [0.1, 0.15) is 27.2 Å². The van der Waals surface area contributed by atoms with Gasteiger partial charge in [-0.3, -0.25) is 9.48 Å². The number of rotatable bonds is 4. The zero-order chi connectivity index (χ0) is 15.2. The van der Waals surface area contributed by atoms with Gasteiger partial charge in [0.05, 0.1) is 23.2 Å². The van der Waals surface area contributed by atoms with Crippen LogP contribution in [0.15, 0.2) is 23.8 Å². The first-order valence-corrected chi connectivity index (χ1v) is 7.39. The lowest BCUT2D eigenvalue weighted by Gasteiger charge is -2.15. The first-order chi connectivity index (χ1) is 10.1. The molecule has 0 aromatic carbocycles. The molecule has 2 rings (SSSR count). The van der Waals surface area contributed by atoms with E-state index in [-0.39, 0.29) is 12.5 Å². The van der Waals surface area contributed by atoms with Gasteiger partial charge in [-0.2, -0.15) is 5.10 Å². The molecule has 0 aliphatic rings. The van der Waals surface area contributed by atoms with Crippen LogP contribution in [0.2, 0.25) is 0 Å². The largest absolute Gasteiger partial charge is 0.395 e. The molecule has 1 N–H and O–H groups in total. The fourth-order valence-corrected chi connectivity index (χ4v) is 2.60. The number of aromatic nitrogens is 2. The lowest BCUT2D eigenvalue weighted by atomic mass is 10.2. The molecule has 1 amide bonds. The predicted octanol–water partition coefficient (Wildman–Crippen LogP) is 1.49. The van der Waals surface area contributed by atoms with E-state index < -0.39 is 0 Å². The number of nitrogens with zero attached hydrogens (tertiary/aromatic N) is 3. The van der Waals surface area contributed by atoms with Crippen molar-refractivity contribution in [2.45, 2.75) is 13.0 Å². The second-order valence-electron chi connectivity index (χ2n) is 4.66. The zero-order valence-electron chi connectivity index (χ0n) is 12.0. The number of aliphatic hydroxyl groups excluding tert-OH is 1. The monoisotopic (exact) mass is 303 g/mol. The van der Waals surface area contributed by atoms with E-state index in [1.165, 1.54) is 0 Å². The number of aryl methyl sites for hydroxylation is 1. The summed E-state index contributed by atoms with van der Waals surface area (Å²) < 4.78 is 1.61. The average molecular weight is 303 g/mol. The van der Waals surface area contributed by atoms with Crippen LogP contribution in [0.25, 0.3) is 0 Å². The lowest BCUT2D eigenvalue weighted by Crippen LogP contribution is -2.25. The zero-order valence-corrected chi connectivity index (χ0v) is 12.9. The van der Waals surface area contributed by atoms with Crippen molar-refractivity contribution in [1.82, 2.24) is 14.7 Å². The number of carbonyl (C=O) groups excluding carboxylic acids is 1. The number of hydrogen-bond donors (Lipinski definition) is 1. The third-order valence-electron chi connectivity index (χ3n) is 2.82. The minimum atomic E-state index is -0.0535. The predicted molar refractivity (Wildman–Crippen MR) is 81.9 cm³/mol. The van der Waals surface area contributed by atoms with Gasteiger partial charge >= 0.3 is 0 Å². The molecule has 110 valence electrons. The standard InChI is InChI=1S/C15H17N3O2S/c1-17(15(20)13-8-16-18(2)10-13)9-12-7-14(21-11-12)5-3-4-6-19/h7-8,10-11,19H,4,6,9H2,1-2H3. The number of aliphatic hydroxyl groups is 1. The highest BCUT2D eigenvalue weighted by Crippen LogP contribution is 2.16. The minimum absolute atomic E-state index is 0.0535. The second kappa shape index (κ2) is 7.07. The molecule has 2 heterocycles. The van der Waals surface area contributed by atoms with Crippen LogP contribution >= 0.6 is 11.3 Å². The van der Waals surface area contributed by atoms with Crippen LogP contribution < -0.4 is 0 Å². The van der Waals surface area contributed by atoms with Crippen molar-refractivity contribution in [3.05, 3.63) is 39.8 Å². The van der Waals surface area contributed by atoms with Crippen molar-refractivity contribution in [1.29, 1.82) is 0 Å². The molecule has 21 heavy (non-hydrogen) atoms. The second-order valence-corrected chi connectivity index (χ2v) is 5.57. The molecule has 0 radical (unpaired) electrons. The maximum Gasteiger partial charge on any atom is 0.257 e. The molecule has 0 spiro atoms. The van der Waals surface area contributed by atoms with Crippen molar-refractivity contribution < 1.29 is 9.90 Å². The smallest absolute Gasteiger partial charge is 0.257 e. The highest BCUT2D eigenvalue weighted by Gasteiger charge is 2.14. The Kier molecular flexibility index (Phi) is 5.14. The van der Waals surface area contributed by atoms with E-state index in [9.17, 15) is 4.79 Å². The maximum absolute atomic E-state index is 12.2. The van der Waals surface area contributed by atoms with Gasteiger partial charge in [0, 0.05) is 33.3 Å². The Labute approximate surface area is 127 Å². The molecule has 0 fully saturated rings. The van der Waals surface area contributed by atoms with Gasteiger partial charge in [-0.1, -0.05) is 11.8 Å². The fraction of sp³-hybridized carbons (Fsp3) is 0.333. The summed E-state index contributed by atoms with van der Waals surface area (Å²) in [5.41, 5.74) is 1.63. The molecule has 0 aliphatic heterocycles. The van der Waals surface area contributed by atoms with Crippen molar-refractivity contribution >= 4 is 17.2 Å². The molecule has 0 atom stereocenters. The fourth-order valence-electron chi connectivity index (χ4n) is 1.83. The Morgan fingerprint density at radius 3 is 3.05 bits per heavy atom. The van der Waals surface area contributed by atoms with E-state index in [2.05, 4.69) is 16.9 Å². The molecule has 2 aromatic heterocycles. The minimum Gasteiger partial charge on any atom is -0.395 e. The van der Waals surface area contributed by atoms with Crippen LogP contribution in [0.4, 0.5) is 0 Å². The van der Waals surface area contributed by atoms with Gasteiger partial charge in [-0.05, 0) is 17.0 Å². The highest BCUT2D eigenvalue weighted by atomic mass is 32.1. The van der Waals surface area contributed by atoms with Crippen LogP contribution in [-0.2, 0) is 13.6 Å². The molecule has 2 aromatic rings. The van der Waals surface area contributed by atoms with Gasteiger partial charge in [-0.15, -0.1) is 11.3 Å². The summed E-state index contributed by atoms with van der Waals surface area (Å²) in [5.74, 6) is 5.83. The van der Waals surface area contributed by atoms with E-state index in [0.29, 0.717) is 18.5 Å². The summed E-state index contributed by atoms with van der Waals surface area (Å²) in [4.78, 5) is 14.8. The summed E-state index contributed by atoms with van der Waals surface area (Å²) in [7, 11) is 3.55. The third kappa shape index (κ3) is 4.18. The molecule has 0 bridgehead atoms. The normalized spacial score (nSPS) is 10.0. The molecule has 0 unspecified atom stereocenters. The Morgan fingerprint density at radius 2 is 2.38 bits per heavy atom. The first kappa shape index (κ1) is 15.3. The van der Waals surface area contributed by atoms with Crippen LogP contribution in [0, 0.1) is 11.8 Å². The number of carbonyl (C=O) groups is 1. The molecule has 0 saturated carbocycles. The summed E-state index contributed by atoms with van der Waals surface area (Å²) in [5, 5.41) is 14.7. The molecule has 0 saturated heterocycles. The van der Waals surface area contributed by atoms with E-state index in [4.69, 9.17) is 5.11 Å². The highest BCUT2D eigenvalue weighted by molar-refractivity contribution is 7.10. The molecule has 0 aliphatic carbocycles. The van der Waals surface area contributed by atoms with Crippen molar-refractivity contribution in [3.63, 3.8) is 0 Å². The van der Waals surface area contributed by atoms with Gasteiger partial charge < -0.3 is 10.0 Å². The van der Waals surface area contributed by atoms with E-state index in [0.717, 1.165) is 10.4 Å². The third-order valence-corrected chi connectivity index (χ3v) is 3.71. The number of thiophene rings is 1. The summed E-state index contributed by atoms with van der Waals surface area (Å²) in [6, 6.07) is 1.97. The molecule has 6 heteroatoms. The van der Waals surface area contributed by atoms with Crippen molar-refractivity contribution in [3.8, 4) is 11.8 Å². The topological polar surface area (TPSA) is 58.4 Å². The van der Waals surface area contributed by atoms with Gasteiger partial charge in [0.2, 0.25) is 0 Å². The molecular formula is C15H17N3O2S. The van der Waals surface area contributed by atoms with Crippen molar-refractivity contribution in [2.75, 3.05) is 13.7 Å². The SMILES string of the molecule is CN(Cc1csc(C#CCCO)c1)C(=O)c1cnn(C)c1. The van der Waals surface area contributed by atoms with E-state index >= 15 is 0 Å². The Bertz CT molecular complexity index is 678. The summed E-state index contributed by atoms with van der Waals surface area (Å²) >= 11 is 1.54. The summed E-state index contributed by atoms with van der Waals surface area (Å²) in [6.45, 7) is 0.611. The molecular weight excluding hydrogens is 286 g/mol. The summed E-state index contributed by atoms with van der Waals surface area (Å²) in [6.07, 6.45) is 3.75.